The Hall–Kier alpha value is -1.45. The van der Waals surface area contributed by atoms with Crippen LogP contribution in [0.5, 0.6) is 0 Å². The molecule has 3 heterocycles. The van der Waals surface area contributed by atoms with E-state index < -0.39 is 0 Å². The summed E-state index contributed by atoms with van der Waals surface area (Å²) in [6.45, 7) is 4.50. The molecule has 1 amide bonds. The zero-order valence-corrected chi connectivity index (χ0v) is 15.2. The van der Waals surface area contributed by atoms with Crippen LogP contribution in [0.3, 0.4) is 0 Å². The molecule has 0 unspecified atom stereocenters. The van der Waals surface area contributed by atoms with Crippen LogP contribution in [-0.2, 0) is 11.3 Å². The number of hydrogen-bond acceptors (Lipinski definition) is 5. The van der Waals surface area contributed by atoms with Gasteiger partial charge in [0.15, 0.2) is 20.8 Å². The molecule has 4 rings (SSSR count). The van der Waals surface area contributed by atoms with Crippen molar-refractivity contribution in [3.8, 4) is 0 Å². The lowest BCUT2D eigenvalue weighted by Crippen LogP contribution is -2.32. The molecule has 1 saturated heterocycles. The van der Waals surface area contributed by atoms with Gasteiger partial charge in [-0.15, -0.1) is 0 Å². The van der Waals surface area contributed by atoms with Gasteiger partial charge in [-0.3, -0.25) is 4.79 Å². The van der Waals surface area contributed by atoms with E-state index in [4.69, 9.17) is 0 Å². The number of nitrogens with one attached hydrogen (secondary N) is 1. The van der Waals surface area contributed by atoms with Crippen molar-refractivity contribution >= 4 is 45.5 Å². The first-order valence-electron chi connectivity index (χ1n) is 8.09. The smallest absolute Gasteiger partial charge is 0.225 e. The first kappa shape index (κ1) is 15.1. The van der Waals surface area contributed by atoms with Crippen LogP contribution >= 0.6 is 22.6 Å². The van der Waals surface area contributed by atoms with Crippen molar-refractivity contribution < 1.29 is 4.79 Å². The van der Waals surface area contributed by atoms with E-state index in [1.165, 1.54) is 0 Å². The van der Waals surface area contributed by atoms with Crippen LogP contribution in [0.2, 0.25) is 0 Å². The molecule has 2 aromatic heterocycles. The number of amides is 1. The summed E-state index contributed by atoms with van der Waals surface area (Å²) >= 11 is 2.22. The minimum Gasteiger partial charge on any atom is -0.364 e. The number of aryl methyl sites for hydroxylation is 1. The Labute approximate surface area is 148 Å². The van der Waals surface area contributed by atoms with Crippen LogP contribution in [0.4, 0.5) is 5.82 Å². The molecule has 0 spiro atoms. The molecule has 2 fully saturated rings. The van der Waals surface area contributed by atoms with Gasteiger partial charge in [0.05, 0.1) is 0 Å². The van der Waals surface area contributed by atoms with E-state index in [0.29, 0.717) is 11.8 Å². The summed E-state index contributed by atoms with van der Waals surface area (Å²) in [5.74, 6) is 1.39. The third-order valence-corrected chi connectivity index (χ3v) is 5.39. The van der Waals surface area contributed by atoms with Crippen molar-refractivity contribution in [1.82, 2.24) is 24.4 Å². The van der Waals surface area contributed by atoms with Crippen LogP contribution in [0, 0.1) is 9.75 Å². The molecule has 2 aliphatic rings. The van der Waals surface area contributed by atoms with Gasteiger partial charge >= 0.3 is 0 Å². The number of fused-ring (bicyclic) bond motifs is 1. The second kappa shape index (κ2) is 5.88. The van der Waals surface area contributed by atoms with Crippen LogP contribution < -0.4 is 5.32 Å². The van der Waals surface area contributed by atoms with Crippen molar-refractivity contribution in [2.75, 3.05) is 18.4 Å². The molecule has 7 nitrogen and oxygen atoms in total. The SMILES string of the molecule is CCn1c(I)nc2c(N[C@H]3CCN(C(=O)C4CC4)C3)ncnc21. The highest BCUT2D eigenvalue weighted by Crippen LogP contribution is 2.32. The zero-order valence-electron chi connectivity index (χ0n) is 13.0. The molecule has 1 saturated carbocycles. The maximum absolute atomic E-state index is 12.2. The van der Waals surface area contributed by atoms with Crippen molar-refractivity contribution in [3.63, 3.8) is 0 Å². The van der Waals surface area contributed by atoms with Crippen molar-refractivity contribution in [2.45, 2.75) is 38.8 Å². The first-order chi connectivity index (χ1) is 11.2. The van der Waals surface area contributed by atoms with E-state index in [9.17, 15) is 4.79 Å². The minimum absolute atomic E-state index is 0.236. The van der Waals surface area contributed by atoms with Gasteiger partial charge in [-0.05, 0) is 26.2 Å². The lowest BCUT2D eigenvalue weighted by molar-refractivity contribution is -0.131. The highest BCUT2D eigenvalue weighted by atomic mass is 127. The number of halogens is 1. The van der Waals surface area contributed by atoms with Crippen molar-refractivity contribution in [2.24, 2.45) is 5.92 Å². The number of carbonyl (C=O) groups excluding carboxylic acids is 1. The van der Waals surface area contributed by atoms with E-state index in [-0.39, 0.29) is 6.04 Å². The van der Waals surface area contributed by atoms with Crippen molar-refractivity contribution in [1.29, 1.82) is 0 Å². The number of likely N-dealkylation sites (tertiary alicyclic amines) is 1. The summed E-state index contributed by atoms with van der Waals surface area (Å²) in [5, 5.41) is 3.47. The zero-order chi connectivity index (χ0) is 16.0. The Morgan fingerprint density at radius 1 is 1.39 bits per heavy atom. The van der Waals surface area contributed by atoms with Crippen LogP contribution in [0.25, 0.3) is 11.2 Å². The van der Waals surface area contributed by atoms with Gasteiger partial charge in [-0.2, -0.15) is 0 Å². The number of rotatable bonds is 4. The van der Waals surface area contributed by atoms with Gasteiger partial charge in [0.2, 0.25) is 5.91 Å². The number of nitrogens with zero attached hydrogens (tertiary/aromatic N) is 5. The minimum atomic E-state index is 0.236. The fraction of sp³-hybridized carbons (Fsp3) is 0.600. The van der Waals surface area contributed by atoms with Gasteiger partial charge in [0.1, 0.15) is 6.33 Å². The van der Waals surface area contributed by atoms with Crippen LogP contribution in [-0.4, -0.2) is 49.5 Å². The molecule has 1 N–H and O–H groups in total. The number of hydrogen-bond donors (Lipinski definition) is 1. The standard InChI is InChI=1S/C15H19IN6O/c1-2-22-13-11(20-15(22)16)12(17-8-18-13)19-10-5-6-21(7-10)14(23)9-3-4-9/h8-10H,2-7H2,1H3,(H,17,18,19)/t10-/m0/s1. The quantitative estimate of drug-likeness (QED) is 0.597. The molecular formula is C15H19IN6O. The molecule has 1 atom stereocenters. The highest BCUT2D eigenvalue weighted by molar-refractivity contribution is 14.1. The lowest BCUT2D eigenvalue weighted by atomic mass is 10.2. The average Bonchev–Trinajstić information content (AvgIpc) is 3.20. The number of aromatic nitrogens is 4. The van der Waals surface area contributed by atoms with Crippen LogP contribution in [0.1, 0.15) is 26.2 Å². The predicted molar refractivity (Wildman–Crippen MR) is 95.0 cm³/mol. The fourth-order valence-electron chi connectivity index (χ4n) is 3.16. The molecule has 23 heavy (non-hydrogen) atoms. The molecule has 0 aromatic carbocycles. The van der Waals surface area contributed by atoms with Gasteiger partial charge in [-0.1, -0.05) is 0 Å². The molecule has 1 aliphatic carbocycles. The summed E-state index contributed by atoms with van der Waals surface area (Å²) in [4.78, 5) is 27.5. The summed E-state index contributed by atoms with van der Waals surface area (Å²) < 4.78 is 2.99. The first-order valence-corrected chi connectivity index (χ1v) is 9.17. The Morgan fingerprint density at radius 2 is 2.22 bits per heavy atom. The lowest BCUT2D eigenvalue weighted by Gasteiger charge is -2.17. The summed E-state index contributed by atoms with van der Waals surface area (Å²) in [6, 6.07) is 0.236. The Morgan fingerprint density at radius 3 is 2.96 bits per heavy atom. The maximum atomic E-state index is 12.2. The Kier molecular flexibility index (Phi) is 3.86. The third kappa shape index (κ3) is 2.77. The molecule has 122 valence electrons. The van der Waals surface area contributed by atoms with Gasteiger partial charge in [0, 0.05) is 54.2 Å². The summed E-state index contributed by atoms with van der Waals surface area (Å²) in [6.07, 6.45) is 4.66. The molecule has 0 bridgehead atoms. The van der Waals surface area contributed by atoms with Crippen molar-refractivity contribution in [3.05, 3.63) is 10.2 Å². The van der Waals surface area contributed by atoms with Gasteiger partial charge in [-0.25, -0.2) is 15.0 Å². The molecule has 2 aromatic rings. The Balaban J connectivity index is 1.53. The van der Waals surface area contributed by atoms with Gasteiger partial charge < -0.3 is 14.8 Å². The van der Waals surface area contributed by atoms with E-state index in [1.807, 2.05) is 4.90 Å². The average molecular weight is 426 g/mol. The number of imidazole rings is 1. The molecule has 0 radical (unpaired) electrons. The second-order valence-electron chi connectivity index (χ2n) is 6.21. The number of anilines is 1. The fourth-order valence-corrected chi connectivity index (χ4v) is 3.97. The van der Waals surface area contributed by atoms with E-state index in [1.54, 1.807) is 6.33 Å². The maximum Gasteiger partial charge on any atom is 0.225 e. The summed E-state index contributed by atoms with van der Waals surface area (Å²) in [5.41, 5.74) is 1.67. The summed E-state index contributed by atoms with van der Waals surface area (Å²) in [7, 11) is 0. The predicted octanol–water partition coefficient (Wildman–Crippen LogP) is 1.87. The number of carbonyl (C=O) groups is 1. The van der Waals surface area contributed by atoms with Crippen LogP contribution in [0.15, 0.2) is 6.33 Å². The third-order valence-electron chi connectivity index (χ3n) is 4.57. The van der Waals surface area contributed by atoms with E-state index >= 15 is 0 Å². The second-order valence-corrected chi connectivity index (χ2v) is 7.17. The van der Waals surface area contributed by atoms with E-state index in [2.05, 4.69) is 54.4 Å². The molecule has 8 heteroatoms. The van der Waals surface area contributed by atoms with Gasteiger partial charge in [0.25, 0.3) is 0 Å². The molecule has 1 aliphatic heterocycles. The topological polar surface area (TPSA) is 75.9 Å². The normalized spacial score (nSPS) is 21.1. The Bertz CT molecular complexity index is 756. The molecular weight excluding hydrogens is 407 g/mol. The monoisotopic (exact) mass is 426 g/mol. The highest BCUT2D eigenvalue weighted by Gasteiger charge is 2.36. The van der Waals surface area contributed by atoms with E-state index in [0.717, 1.165) is 59.7 Å². The largest absolute Gasteiger partial charge is 0.364 e.